The summed E-state index contributed by atoms with van der Waals surface area (Å²) in [6.07, 6.45) is 14.2. The van der Waals surface area contributed by atoms with E-state index in [-0.39, 0.29) is 6.10 Å². The van der Waals surface area contributed by atoms with Crippen molar-refractivity contribution in [1.82, 2.24) is 0 Å². The number of rotatable bonds is 4. The van der Waals surface area contributed by atoms with Crippen molar-refractivity contribution in [3.05, 3.63) is 22.8 Å². The molecule has 1 nitrogen and oxygen atoms in total. The van der Waals surface area contributed by atoms with E-state index in [0.29, 0.717) is 10.8 Å². The Morgan fingerprint density at radius 3 is 2.50 bits per heavy atom. The van der Waals surface area contributed by atoms with Crippen LogP contribution in [-0.2, 0) is 0 Å². The predicted molar refractivity (Wildman–Crippen MR) is 126 cm³/mol. The fraction of sp³-hybridized carbons (Fsp3) is 0.862. The number of allylic oxidation sites excluding steroid dienone is 3. The highest BCUT2D eigenvalue weighted by molar-refractivity contribution is 5.41. The molecule has 1 unspecified atom stereocenters. The summed E-state index contributed by atoms with van der Waals surface area (Å²) < 4.78 is 0. The molecule has 0 amide bonds. The van der Waals surface area contributed by atoms with Crippen molar-refractivity contribution in [2.75, 3.05) is 0 Å². The smallest absolute Gasteiger partial charge is 0.0577 e. The highest BCUT2D eigenvalue weighted by Gasteiger charge is 2.59. The van der Waals surface area contributed by atoms with Crippen LogP contribution in [0.15, 0.2) is 22.8 Å². The number of fused-ring (bicyclic) bond motifs is 5. The second kappa shape index (κ2) is 7.23. The van der Waals surface area contributed by atoms with Crippen molar-refractivity contribution >= 4 is 0 Å². The summed E-state index contributed by atoms with van der Waals surface area (Å²) in [4.78, 5) is 0. The molecule has 0 aromatic carbocycles. The molecule has 168 valence electrons. The summed E-state index contributed by atoms with van der Waals surface area (Å²) >= 11 is 0. The topological polar surface area (TPSA) is 20.2 Å². The van der Waals surface area contributed by atoms with Gasteiger partial charge in [-0.3, -0.25) is 0 Å². The monoisotopic (exact) mass is 410 g/mol. The summed E-state index contributed by atoms with van der Waals surface area (Å²) in [5.74, 6) is 6.02. The first-order valence-electron chi connectivity index (χ1n) is 13.3. The Balaban J connectivity index is 1.34. The molecule has 0 aromatic rings. The molecule has 0 bridgehead atoms. The lowest BCUT2D eigenvalue weighted by molar-refractivity contribution is -0.0566. The number of aliphatic hydroxyl groups excluding tert-OH is 1. The zero-order chi connectivity index (χ0) is 21.4. The highest BCUT2D eigenvalue weighted by atomic mass is 16.3. The zero-order valence-corrected chi connectivity index (χ0v) is 20.5. The van der Waals surface area contributed by atoms with E-state index in [0.717, 1.165) is 54.3 Å². The van der Waals surface area contributed by atoms with Crippen LogP contribution in [0, 0.1) is 52.3 Å². The normalized spacial score (nSPS) is 48.7. The Bertz CT molecular complexity index is 758. The van der Waals surface area contributed by atoms with Crippen LogP contribution in [0.3, 0.4) is 0 Å². The first-order valence-corrected chi connectivity index (χ1v) is 13.3. The maximum atomic E-state index is 10.2. The minimum atomic E-state index is -0.0821. The molecular weight excluding hydrogens is 364 g/mol. The first kappa shape index (κ1) is 21.3. The Morgan fingerprint density at radius 2 is 1.80 bits per heavy atom. The maximum absolute atomic E-state index is 10.2. The quantitative estimate of drug-likeness (QED) is 0.474. The summed E-state index contributed by atoms with van der Waals surface area (Å²) in [5, 5.41) is 10.2. The Morgan fingerprint density at radius 1 is 1.03 bits per heavy atom. The van der Waals surface area contributed by atoms with Gasteiger partial charge in [0.1, 0.15) is 0 Å². The Labute approximate surface area is 185 Å². The fourth-order valence-electron chi connectivity index (χ4n) is 9.69. The van der Waals surface area contributed by atoms with Gasteiger partial charge in [0.2, 0.25) is 0 Å². The number of hydrogen-bond donors (Lipinski definition) is 1. The van der Waals surface area contributed by atoms with Gasteiger partial charge >= 0.3 is 0 Å². The Hall–Kier alpha value is -0.560. The zero-order valence-electron chi connectivity index (χ0n) is 20.5. The van der Waals surface area contributed by atoms with Gasteiger partial charge in [0.05, 0.1) is 6.10 Å². The van der Waals surface area contributed by atoms with Crippen LogP contribution < -0.4 is 0 Å². The van der Waals surface area contributed by atoms with Crippen molar-refractivity contribution in [1.29, 1.82) is 0 Å². The molecule has 0 saturated heterocycles. The molecule has 3 saturated carbocycles. The van der Waals surface area contributed by atoms with Crippen LogP contribution in [-0.4, -0.2) is 11.2 Å². The van der Waals surface area contributed by atoms with Crippen LogP contribution >= 0.6 is 0 Å². The van der Waals surface area contributed by atoms with Crippen LogP contribution in [0.5, 0.6) is 0 Å². The van der Waals surface area contributed by atoms with Crippen LogP contribution in [0.4, 0.5) is 0 Å². The average Bonchev–Trinajstić information content (AvgIpc) is 3.17. The second-order valence-electron chi connectivity index (χ2n) is 12.9. The number of aliphatic hydroxyl groups is 1. The van der Waals surface area contributed by atoms with Gasteiger partial charge < -0.3 is 5.11 Å². The molecule has 5 aliphatic carbocycles. The first-order chi connectivity index (χ1) is 14.2. The molecule has 0 heterocycles. The maximum Gasteiger partial charge on any atom is 0.0577 e. The minimum Gasteiger partial charge on any atom is -0.393 e. The van der Waals surface area contributed by atoms with Gasteiger partial charge in [0.15, 0.2) is 0 Å². The van der Waals surface area contributed by atoms with Gasteiger partial charge in [0, 0.05) is 0 Å². The molecule has 1 heteroatoms. The van der Waals surface area contributed by atoms with Crippen molar-refractivity contribution in [2.45, 2.75) is 105 Å². The lowest BCUT2D eigenvalue weighted by Gasteiger charge is -2.58. The predicted octanol–water partition coefficient (Wildman–Crippen LogP) is 7.55. The van der Waals surface area contributed by atoms with Crippen LogP contribution in [0.1, 0.15) is 99.3 Å². The van der Waals surface area contributed by atoms with E-state index in [9.17, 15) is 5.11 Å². The Kier molecular flexibility index (Phi) is 5.13. The van der Waals surface area contributed by atoms with E-state index in [4.69, 9.17) is 0 Å². The summed E-state index contributed by atoms with van der Waals surface area (Å²) in [7, 11) is 0. The molecule has 1 N–H and O–H groups in total. The lowest BCUT2D eigenvalue weighted by atomic mass is 9.47. The van der Waals surface area contributed by atoms with Gasteiger partial charge in [-0.2, -0.15) is 0 Å². The molecular formula is C29H46O. The van der Waals surface area contributed by atoms with Crippen molar-refractivity contribution < 1.29 is 5.11 Å². The molecule has 0 spiro atoms. The largest absolute Gasteiger partial charge is 0.393 e. The molecule has 3 fully saturated rings. The van der Waals surface area contributed by atoms with E-state index < -0.39 is 0 Å². The van der Waals surface area contributed by atoms with Gasteiger partial charge in [-0.1, -0.05) is 64.3 Å². The number of hydrogen-bond acceptors (Lipinski definition) is 1. The van der Waals surface area contributed by atoms with Crippen molar-refractivity contribution in [3.8, 4) is 0 Å². The van der Waals surface area contributed by atoms with Gasteiger partial charge in [-0.15, -0.1) is 0 Å². The minimum absolute atomic E-state index is 0.0821. The molecule has 30 heavy (non-hydrogen) atoms. The fourth-order valence-corrected chi connectivity index (χ4v) is 9.69. The van der Waals surface area contributed by atoms with E-state index in [1.54, 1.807) is 11.1 Å². The van der Waals surface area contributed by atoms with Gasteiger partial charge in [-0.25, -0.2) is 0 Å². The summed E-state index contributed by atoms with van der Waals surface area (Å²) in [5.41, 5.74) is 6.16. The second-order valence-corrected chi connectivity index (χ2v) is 12.9. The van der Waals surface area contributed by atoms with Gasteiger partial charge in [-0.05, 0) is 110 Å². The van der Waals surface area contributed by atoms with Crippen molar-refractivity contribution in [2.24, 2.45) is 52.3 Å². The van der Waals surface area contributed by atoms with E-state index >= 15 is 0 Å². The third kappa shape index (κ3) is 3.04. The molecule has 5 aliphatic rings. The van der Waals surface area contributed by atoms with Crippen LogP contribution in [0.2, 0.25) is 0 Å². The highest BCUT2D eigenvalue weighted by Crippen LogP contribution is 2.67. The van der Waals surface area contributed by atoms with Gasteiger partial charge in [0.25, 0.3) is 0 Å². The lowest BCUT2D eigenvalue weighted by Crippen LogP contribution is -2.50. The third-order valence-electron chi connectivity index (χ3n) is 11.3. The summed E-state index contributed by atoms with van der Waals surface area (Å²) in [6.45, 7) is 15.1. The standard InChI is InChI=1S/C29H46O/c1-17(2)27-19(4)23(27)15-18(3)24-9-10-25-22-8-7-20-16-21(30)11-13-28(20,5)26(22)12-14-29(24,25)6/h7,17-19,21-22,24-26,30H,8-16H2,1-6H3/t18-,19?,21+,22+,24-,25+,26+,28+,29-/m1/s1. The molecule has 5 rings (SSSR count). The molecule has 0 radical (unpaired) electrons. The van der Waals surface area contributed by atoms with Crippen molar-refractivity contribution in [3.63, 3.8) is 0 Å². The average molecular weight is 411 g/mol. The molecule has 0 aliphatic heterocycles. The SMILES string of the molecule is CC(C)C1=C(C[C@@H](C)[C@H]2CC[C@H]3[C@@H]4CC=C5C[C@@H](O)CC[C@]5(C)[C@H]4CC[C@]23C)C1C. The van der Waals surface area contributed by atoms with E-state index in [1.807, 2.05) is 5.57 Å². The summed E-state index contributed by atoms with van der Waals surface area (Å²) in [6, 6.07) is 0. The molecule has 0 aromatic heterocycles. The van der Waals surface area contributed by atoms with E-state index in [2.05, 4.69) is 47.6 Å². The van der Waals surface area contributed by atoms with E-state index in [1.165, 1.54) is 44.9 Å². The third-order valence-corrected chi connectivity index (χ3v) is 11.3. The van der Waals surface area contributed by atoms with Crippen LogP contribution in [0.25, 0.3) is 0 Å². The molecule has 9 atom stereocenters.